The normalized spacial score (nSPS) is 15.4. The molecule has 0 saturated carbocycles. The monoisotopic (exact) mass is 365 g/mol. The summed E-state index contributed by atoms with van der Waals surface area (Å²) in [5, 5.41) is 14.2. The first kappa shape index (κ1) is 17.0. The summed E-state index contributed by atoms with van der Waals surface area (Å²) in [6.45, 7) is 0.931. The maximum atomic E-state index is 12.5. The zero-order valence-electron chi connectivity index (χ0n) is 14.8. The lowest BCUT2D eigenvalue weighted by Crippen LogP contribution is -2.36. The van der Waals surface area contributed by atoms with Crippen molar-refractivity contribution in [2.24, 2.45) is 7.05 Å². The summed E-state index contributed by atoms with van der Waals surface area (Å²) in [5.74, 6) is -0.411. The molecule has 3 aromatic heterocycles. The van der Waals surface area contributed by atoms with Crippen LogP contribution in [-0.2, 0) is 26.6 Å². The first-order valence-electron chi connectivity index (χ1n) is 8.62. The molecule has 3 aromatic rings. The van der Waals surface area contributed by atoms with Crippen LogP contribution in [-0.4, -0.2) is 42.4 Å². The van der Waals surface area contributed by atoms with Crippen molar-refractivity contribution in [1.82, 2.24) is 35.2 Å². The van der Waals surface area contributed by atoms with E-state index in [1.54, 1.807) is 47.3 Å². The number of hydrogen-bond acceptors (Lipinski definition) is 5. The molecule has 2 N–H and O–H groups in total. The SMILES string of the molecule is Cn1ccc(C(=O)N[C@H]2Cc3c(C(=O)NCc4cccnc4)cnn3C2)n1. The van der Waals surface area contributed by atoms with Crippen LogP contribution < -0.4 is 10.6 Å². The van der Waals surface area contributed by atoms with Crippen molar-refractivity contribution >= 4 is 11.8 Å². The minimum absolute atomic E-state index is 0.118. The maximum absolute atomic E-state index is 12.5. The van der Waals surface area contributed by atoms with Crippen molar-refractivity contribution in [3.8, 4) is 0 Å². The van der Waals surface area contributed by atoms with Gasteiger partial charge in [-0.25, -0.2) is 0 Å². The zero-order chi connectivity index (χ0) is 18.8. The molecule has 0 saturated heterocycles. The number of amides is 2. The van der Waals surface area contributed by atoms with Gasteiger partial charge < -0.3 is 10.6 Å². The van der Waals surface area contributed by atoms with Crippen LogP contribution in [0, 0.1) is 0 Å². The highest BCUT2D eigenvalue weighted by molar-refractivity contribution is 5.95. The van der Waals surface area contributed by atoms with E-state index in [0.29, 0.717) is 30.8 Å². The number of nitrogens with one attached hydrogen (secondary N) is 2. The van der Waals surface area contributed by atoms with Gasteiger partial charge in [-0.2, -0.15) is 10.2 Å². The molecule has 9 heteroatoms. The highest BCUT2D eigenvalue weighted by atomic mass is 16.2. The molecule has 0 aromatic carbocycles. The molecule has 1 aliphatic heterocycles. The zero-order valence-corrected chi connectivity index (χ0v) is 14.8. The van der Waals surface area contributed by atoms with Crippen LogP contribution in [0.4, 0.5) is 0 Å². The Morgan fingerprint density at radius 2 is 2.15 bits per heavy atom. The van der Waals surface area contributed by atoms with E-state index in [-0.39, 0.29) is 17.9 Å². The second-order valence-corrected chi connectivity index (χ2v) is 6.48. The van der Waals surface area contributed by atoms with Crippen LogP contribution in [0.1, 0.15) is 32.1 Å². The van der Waals surface area contributed by atoms with Crippen LogP contribution in [0.25, 0.3) is 0 Å². The van der Waals surface area contributed by atoms with Gasteiger partial charge in [-0.1, -0.05) is 6.07 Å². The number of nitrogens with zero attached hydrogens (tertiary/aromatic N) is 5. The molecule has 0 spiro atoms. The fourth-order valence-corrected chi connectivity index (χ4v) is 3.15. The van der Waals surface area contributed by atoms with Gasteiger partial charge in [0.2, 0.25) is 0 Å². The molecule has 2 amide bonds. The fraction of sp³-hybridized carbons (Fsp3) is 0.278. The predicted molar refractivity (Wildman–Crippen MR) is 95.8 cm³/mol. The molecule has 0 radical (unpaired) electrons. The van der Waals surface area contributed by atoms with Crippen LogP contribution in [0.5, 0.6) is 0 Å². The third-order valence-corrected chi connectivity index (χ3v) is 4.48. The highest BCUT2D eigenvalue weighted by Gasteiger charge is 2.29. The van der Waals surface area contributed by atoms with Crippen molar-refractivity contribution in [3.05, 3.63) is 65.5 Å². The van der Waals surface area contributed by atoms with Gasteiger partial charge in [-0.05, 0) is 17.7 Å². The Morgan fingerprint density at radius 1 is 1.26 bits per heavy atom. The molecule has 0 aliphatic carbocycles. The van der Waals surface area contributed by atoms with Gasteiger partial charge in [0, 0.05) is 38.6 Å². The molecule has 1 atom stereocenters. The van der Waals surface area contributed by atoms with Gasteiger partial charge in [0.05, 0.1) is 30.0 Å². The largest absolute Gasteiger partial charge is 0.348 e. The van der Waals surface area contributed by atoms with E-state index in [0.717, 1.165) is 11.3 Å². The van der Waals surface area contributed by atoms with Gasteiger partial charge in [-0.15, -0.1) is 0 Å². The van der Waals surface area contributed by atoms with E-state index in [2.05, 4.69) is 25.8 Å². The van der Waals surface area contributed by atoms with Crippen LogP contribution in [0.3, 0.4) is 0 Å². The molecular weight excluding hydrogens is 346 g/mol. The molecular formula is C18H19N7O2. The minimum Gasteiger partial charge on any atom is -0.348 e. The van der Waals surface area contributed by atoms with Gasteiger partial charge in [-0.3, -0.25) is 23.9 Å². The summed E-state index contributed by atoms with van der Waals surface area (Å²) in [5.41, 5.74) is 2.66. The lowest BCUT2D eigenvalue weighted by Gasteiger charge is -2.10. The van der Waals surface area contributed by atoms with Crippen molar-refractivity contribution < 1.29 is 9.59 Å². The second kappa shape index (κ2) is 7.02. The van der Waals surface area contributed by atoms with E-state index >= 15 is 0 Å². The molecule has 0 unspecified atom stereocenters. The average Bonchev–Trinajstić information content (AvgIpc) is 3.36. The Hall–Kier alpha value is -3.49. The number of aromatic nitrogens is 5. The van der Waals surface area contributed by atoms with Crippen LogP contribution in [0.15, 0.2) is 43.0 Å². The van der Waals surface area contributed by atoms with Gasteiger partial charge >= 0.3 is 0 Å². The van der Waals surface area contributed by atoms with Gasteiger partial charge in [0.15, 0.2) is 0 Å². The number of carbonyl (C=O) groups is 2. The van der Waals surface area contributed by atoms with Crippen molar-refractivity contribution in [2.75, 3.05) is 0 Å². The molecule has 0 bridgehead atoms. The Labute approximate surface area is 155 Å². The summed E-state index contributed by atoms with van der Waals surface area (Å²) in [7, 11) is 1.76. The highest BCUT2D eigenvalue weighted by Crippen LogP contribution is 2.19. The molecule has 0 fully saturated rings. The fourth-order valence-electron chi connectivity index (χ4n) is 3.15. The number of hydrogen-bond donors (Lipinski definition) is 2. The summed E-state index contributed by atoms with van der Waals surface area (Å²) >= 11 is 0. The first-order chi connectivity index (χ1) is 13.1. The molecule has 4 rings (SSSR count). The van der Waals surface area contributed by atoms with E-state index < -0.39 is 0 Å². The summed E-state index contributed by atoms with van der Waals surface area (Å²) < 4.78 is 3.35. The van der Waals surface area contributed by atoms with Crippen LogP contribution in [0.2, 0.25) is 0 Å². The van der Waals surface area contributed by atoms with Crippen molar-refractivity contribution in [3.63, 3.8) is 0 Å². The Balaban J connectivity index is 1.38. The van der Waals surface area contributed by atoms with Crippen LogP contribution >= 0.6 is 0 Å². The molecule has 4 heterocycles. The second-order valence-electron chi connectivity index (χ2n) is 6.48. The van der Waals surface area contributed by atoms with E-state index in [1.807, 2.05) is 12.1 Å². The smallest absolute Gasteiger partial charge is 0.272 e. The minimum atomic E-state index is -0.228. The van der Waals surface area contributed by atoms with Crippen molar-refractivity contribution in [2.45, 2.75) is 25.6 Å². The quantitative estimate of drug-likeness (QED) is 0.676. The lowest BCUT2D eigenvalue weighted by molar-refractivity contribution is 0.0929. The first-order valence-corrected chi connectivity index (χ1v) is 8.62. The Bertz CT molecular complexity index is 977. The standard InChI is InChI=1S/C18H19N7O2/c1-24-6-4-15(23-24)18(27)22-13-7-16-14(10-21-25(16)11-13)17(26)20-9-12-3-2-5-19-8-12/h2-6,8,10,13H,7,9,11H2,1H3,(H,20,26)(H,22,27)/t13-/m0/s1. The average molecular weight is 365 g/mol. The number of pyridine rings is 1. The number of carbonyl (C=O) groups excluding carboxylic acids is 2. The number of rotatable bonds is 5. The van der Waals surface area contributed by atoms with E-state index in [4.69, 9.17) is 0 Å². The number of fused-ring (bicyclic) bond motifs is 1. The third-order valence-electron chi connectivity index (χ3n) is 4.48. The maximum Gasteiger partial charge on any atom is 0.272 e. The van der Waals surface area contributed by atoms with E-state index in [9.17, 15) is 9.59 Å². The lowest BCUT2D eigenvalue weighted by atomic mass is 10.1. The third kappa shape index (κ3) is 3.57. The summed E-state index contributed by atoms with van der Waals surface area (Å²) in [6, 6.07) is 5.28. The van der Waals surface area contributed by atoms with Crippen molar-refractivity contribution in [1.29, 1.82) is 0 Å². The molecule has 9 nitrogen and oxygen atoms in total. The Morgan fingerprint density at radius 3 is 2.89 bits per heavy atom. The topological polar surface area (TPSA) is 107 Å². The molecule has 27 heavy (non-hydrogen) atoms. The molecule has 138 valence electrons. The predicted octanol–water partition coefficient (Wildman–Crippen LogP) is 0.296. The molecule has 1 aliphatic rings. The van der Waals surface area contributed by atoms with E-state index in [1.165, 1.54) is 0 Å². The van der Waals surface area contributed by atoms with Gasteiger partial charge in [0.25, 0.3) is 11.8 Å². The Kier molecular flexibility index (Phi) is 4.41. The number of aryl methyl sites for hydroxylation is 1. The van der Waals surface area contributed by atoms with Gasteiger partial charge in [0.1, 0.15) is 5.69 Å². The summed E-state index contributed by atoms with van der Waals surface area (Å²) in [6.07, 6.45) is 7.25. The summed E-state index contributed by atoms with van der Waals surface area (Å²) in [4.78, 5) is 28.8.